The molecule has 2 nitrogen and oxygen atoms in total. The summed E-state index contributed by atoms with van der Waals surface area (Å²) in [5.41, 5.74) is 0. The number of aliphatic hydroxyl groups is 1. The van der Waals surface area contributed by atoms with E-state index < -0.39 is 0 Å². The minimum atomic E-state index is -0.0108. The van der Waals surface area contributed by atoms with Gasteiger partial charge in [-0.1, -0.05) is 41.9 Å². The highest BCUT2D eigenvalue weighted by Gasteiger charge is 2.05. The van der Waals surface area contributed by atoms with Crippen LogP contribution in [0, 0.1) is 0 Å². The van der Waals surface area contributed by atoms with Crippen molar-refractivity contribution in [3.05, 3.63) is 41.4 Å². The summed E-state index contributed by atoms with van der Waals surface area (Å²) >= 11 is 6.17. The van der Waals surface area contributed by atoms with Crippen molar-refractivity contribution in [2.45, 2.75) is 0 Å². The third-order valence-electron chi connectivity index (χ3n) is 2.18. The molecule has 0 saturated carbocycles. The maximum atomic E-state index is 8.66. The van der Waals surface area contributed by atoms with Crippen LogP contribution in [0.4, 0.5) is 0 Å². The predicted molar refractivity (Wildman–Crippen MR) is 61.5 cm³/mol. The lowest BCUT2D eigenvalue weighted by molar-refractivity contribution is 0.201. The van der Waals surface area contributed by atoms with Crippen LogP contribution in [0.2, 0.25) is 5.02 Å². The fourth-order valence-corrected chi connectivity index (χ4v) is 1.77. The molecule has 78 valence electrons. The van der Waals surface area contributed by atoms with Crippen molar-refractivity contribution in [2.75, 3.05) is 13.2 Å². The zero-order valence-electron chi connectivity index (χ0n) is 8.11. The Balaban J connectivity index is 2.45. The van der Waals surface area contributed by atoms with E-state index in [0.717, 1.165) is 10.8 Å². The Morgan fingerprint density at radius 3 is 2.73 bits per heavy atom. The second-order valence-electron chi connectivity index (χ2n) is 3.17. The third-order valence-corrected chi connectivity index (χ3v) is 2.57. The van der Waals surface area contributed by atoms with Crippen LogP contribution < -0.4 is 4.74 Å². The fraction of sp³-hybridized carbons (Fsp3) is 0.167. The molecule has 0 amide bonds. The van der Waals surface area contributed by atoms with Crippen LogP contribution in [0.1, 0.15) is 0 Å². The van der Waals surface area contributed by atoms with E-state index in [-0.39, 0.29) is 13.2 Å². The van der Waals surface area contributed by atoms with Gasteiger partial charge in [0.25, 0.3) is 0 Å². The molecule has 0 aliphatic rings. The maximum absolute atomic E-state index is 8.66. The highest BCUT2D eigenvalue weighted by molar-refractivity contribution is 6.37. The van der Waals surface area contributed by atoms with E-state index >= 15 is 0 Å². The molecule has 0 atom stereocenters. The molecule has 0 unspecified atom stereocenters. The van der Waals surface area contributed by atoms with E-state index in [1.807, 2.05) is 36.4 Å². The number of aliphatic hydroxyl groups excluding tert-OH is 1. The van der Waals surface area contributed by atoms with E-state index in [0.29, 0.717) is 10.8 Å². The van der Waals surface area contributed by atoms with Crippen molar-refractivity contribution in [3.8, 4) is 5.75 Å². The molecule has 0 bridgehead atoms. The van der Waals surface area contributed by atoms with Gasteiger partial charge in [-0.3, -0.25) is 0 Å². The third kappa shape index (κ3) is 2.06. The van der Waals surface area contributed by atoms with Crippen molar-refractivity contribution >= 4 is 22.4 Å². The van der Waals surface area contributed by atoms with Crippen molar-refractivity contribution in [1.29, 1.82) is 0 Å². The first kappa shape index (κ1) is 10.3. The Kier molecular flexibility index (Phi) is 3.09. The largest absolute Gasteiger partial charge is 0.490 e. The smallest absolute Gasteiger partial charge is 0.138 e. The SMILES string of the molecule is OCCOc1ccc2ccccc2c1Cl. The molecule has 2 rings (SSSR count). The van der Waals surface area contributed by atoms with Gasteiger partial charge in [0.05, 0.1) is 11.6 Å². The van der Waals surface area contributed by atoms with E-state index in [1.165, 1.54) is 0 Å². The van der Waals surface area contributed by atoms with E-state index in [2.05, 4.69) is 0 Å². The van der Waals surface area contributed by atoms with Crippen LogP contribution in [0.5, 0.6) is 5.75 Å². The minimum Gasteiger partial charge on any atom is -0.490 e. The average molecular weight is 223 g/mol. The average Bonchev–Trinajstić information content (AvgIpc) is 2.29. The number of ether oxygens (including phenoxy) is 1. The molecule has 0 heterocycles. The van der Waals surface area contributed by atoms with Gasteiger partial charge in [0.15, 0.2) is 0 Å². The summed E-state index contributed by atoms with van der Waals surface area (Å²) < 4.78 is 5.31. The predicted octanol–water partition coefficient (Wildman–Crippen LogP) is 2.86. The number of hydrogen-bond donors (Lipinski definition) is 1. The van der Waals surface area contributed by atoms with Gasteiger partial charge >= 0.3 is 0 Å². The van der Waals surface area contributed by atoms with Crippen LogP contribution in [0.25, 0.3) is 10.8 Å². The maximum Gasteiger partial charge on any atom is 0.138 e. The summed E-state index contributed by atoms with van der Waals surface area (Å²) in [5.74, 6) is 0.615. The molecular weight excluding hydrogens is 212 g/mol. The van der Waals surface area contributed by atoms with E-state index in [9.17, 15) is 0 Å². The molecule has 15 heavy (non-hydrogen) atoms. The summed E-state index contributed by atoms with van der Waals surface area (Å²) in [7, 11) is 0. The second-order valence-corrected chi connectivity index (χ2v) is 3.55. The molecule has 2 aromatic rings. The van der Waals surface area contributed by atoms with Crippen LogP contribution in [0.15, 0.2) is 36.4 Å². The van der Waals surface area contributed by atoms with Gasteiger partial charge in [-0.05, 0) is 11.5 Å². The van der Waals surface area contributed by atoms with Gasteiger partial charge in [0, 0.05) is 5.39 Å². The molecule has 0 saturated heterocycles. The molecular formula is C12H11ClO2. The molecule has 0 radical (unpaired) electrons. The second kappa shape index (κ2) is 4.51. The lowest BCUT2D eigenvalue weighted by Gasteiger charge is -2.08. The molecule has 0 aliphatic carbocycles. The van der Waals surface area contributed by atoms with Gasteiger partial charge in [-0.15, -0.1) is 0 Å². The number of fused-ring (bicyclic) bond motifs is 1. The Morgan fingerprint density at radius 1 is 1.13 bits per heavy atom. The molecule has 0 aromatic heterocycles. The Bertz CT molecular complexity index is 468. The standard InChI is InChI=1S/C12H11ClO2/c13-12-10-4-2-1-3-9(10)5-6-11(12)15-8-7-14/h1-6,14H,7-8H2. The highest BCUT2D eigenvalue weighted by Crippen LogP contribution is 2.32. The molecule has 0 spiro atoms. The first-order valence-electron chi connectivity index (χ1n) is 4.74. The Hall–Kier alpha value is -1.25. The van der Waals surface area contributed by atoms with Crippen LogP contribution in [-0.2, 0) is 0 Å². The minimum absolute atomic E-state index is 0.0108. The topological polar surface area (TPSA) is 29.5 Å². The van der Waals surface area contributed by atoms with Gasteiger partial charge in [0.1, 0.15) is 12.4 Å². The van der Waals surface area contributed by atoms with Gasteiger partial charge in [-0.25, -0.2) is 0 Å². The van der Waals surface area contributed by atoms with Gasteiger partial charge in [0.2, 0.25) is 0 Å². The summed E-state index contributed by atoms with van der Waals surface area (Å²) in [4.78, 5) is 0. The summed E-state index contributed by atoms with van der Waals surface area (Å²) in [6.07, 6.45) is 0. The van der Waals surface area contributed by atoms with Gasteiger partial charge in [-0.2, -0.15) is 0 Å². The van der Waals surface area contributed by atoms with Gasteiger partial charge < -0.3 is 9.84 Å². The van der Waals surface area contributed by atoms with Crippen molar-refractivity contribution in [2.24, 2.45) is 0 Å². The molecule has 0 aliphatic heterocycles. The molecule has 3 heteroatoms. The Morgan fingerprint density at radius 2 is 1.93 bits per heavy atom. The fourth-order valence-electron chi connectivity index (χ4n) is 1.48. The van der Waals surface area contributed by atoms with Crippen molar-refractivity contribution in [3.63, 3.8) is 0 Å². The zero-order chi connectivity index (χ0) is 10.7. The monoisotopic (exact) mass is 222 g/mol. The lowest BCUT2D eigenvalue weighted by Crippen LogP contribution is -2.01. The first-order valence-corrected chi connectivity index (χ1v) is 5.11. The number of halogens is 1. The number of hydrogen-bond acceptors (Lipinski definition) is 2. The lowest BCUT2D eigenvalue weighted by atomic mass is 10.1. The normalized spacial score (nSPS) is 10.5. The molecule has 0 fully saturated rings. The van der Waals surface area contributed by atoms with Crippen LogP contribution in [0.3, 0.4) is 0 Å². The first-order chi connectivity index (χ1) is 7.33. The Labute approximate surface area is 93.1 Å². The zero-order valence-corrected chi connectivity index (χ0v) is 8.87. The highest BCUT2D eigenvalue weighted by atomic mass is 35.5. The summed E-state index contributed by atoms with van der Waals surface area (Å²) in [6.45, 7) is 0.251. The molecule has 1 N–H and O–H groups in total. The van der Waals surface area contributed by atoms with Crippen LogP contribution in [-0.4, -0.2) is 18.3 Å². The van der Waals surface area contributed by atoms with Crippen molar-refractivity contribution < 1.29 is 9.84 Å². The molecule has 2 aromatic carbocycles. The summed E-state index contributed by atoms with van der Waals surface area (Å²) in [6, 6.07) is 11.6. The van der Waals surface area contributed by atoms with E-state index in [1.54, 1.807) is 0 Å². The number of rotatable bonds is 3. The van der Waals surface area contributed by atoms with Crippen LogP contribution >= 0.6 is 11.6 Å². The summed E-state index contributed by atoms with van der Waals surface area (Å²) in [5, 5.41) is 11.3. The number of benzene rings is 2. The van der Waals surface area contributed by atoms with Crippen molar-refractivity contribution in [1.82, 2.24) is 0 Å². The quantitative estimate of drug-likeness (QED) is 0.866. The van der Waals surface area contributed by atoms with E-state index in [4.69, 9.17) is 21.4 Å².